The number of halogens is 3. The van der Waals surface area contributed by atoms with Crippen LogP contribution in [0.1, 0.15) is 16.7 Å². The maximum Gasteiger partial charge on any atom is 0.416 e. The number of rotatable bonds is 2. The maximum absolute atomic E-state index is 12.5. The fourth-order valence-electron chi connectivity index (χ4n) is 1.30. The van der Waals surface area contributed by atoms with E-state index in [0.717, 1.165) is 0 Å². The van der Waals surface area contributed by atoms with Gasteiger partial charge >= 0.3 is 6.18 Å². The van der Waals surface area contributed by atoms with Crippen molar-refractivity contribution in [3.8, 4) is 6.07 Å². The summed E-state index contributed by atoms with van der Waals surface area (Å²) in [5.41, 5.74) is 2.25. The first kappa shape index (κ1) is 12.9. The van der Waals surface area contributed by atoms with Crippen molar-refractivity contribution >= 4 is 5.69 Å². The van der Waals surface area contributed by atoms with E-state index in [2.05, 4.69) is 0 Å². The van der Waals surface area contributed by atoms with Gasteiger partial charge in [-0.25, -0.2) is 0 Å². The van der Waals surface area contributed by atoms with Gasteiger partial charge in [0.25, 0.3) is 5.69 Å². The minimum absolute atomic E-state index is 0.414. The van der Waals surface area contributed by atoms with Crippen molar-refractivity contribution in [1.29, 1.82) is 5.26 Å². The largest absolute Gasteiger partial charge is 0.416 e. The third-order valence-corrected chi connectivity index (χ3v) is 2.06. The van der Waals surface area contributed by atoms with Crippen molar-refractivity contribution in [3.05, 3.63) is 38.9 Å². The molecule has 0 aliphatic heterocycles. The lowest BCUT2D eigenvalue weighted by Crippen LogP contribution is -2.13. The molecule has 1 aromatic carbocycles. The second-order valence-corrected chi connectivity index (χ2v) is 3.10. The first-order valence-corrected chi connectivity index (χ1v) is 4.30. The van der Waals surface area contributed by atoms with Crippen LogP contribution in [0.25, 0.3) is 0 Å². The maximum atomic E-state index is 12.5. The summed E-state index contributed by atoms with van der Waals surface area (Å²) in [7, 11) is 0. The van der Waals surface area contributed by atoms with Crippen LogP contribution < -0.4 is 5.73 Å². The fraction of sp³-hybridized carbons (Fsp3) is 0.222. The van der Waals surface area contributed by atoms with Crippen LogP contribution >= 0.6 is 0 Å². The SMILES string of the molecule is N#Cc1cc(C(F)(F)F)c(CN)cc1[N+](=O)[O-]. The Morgan fingerprint density at radius 3 is 2.41 bits per heavy atom. The van der Waals surface area contributed by atoms with Crippen LogP contribution in [0.3, 0.4) is 0 Å². The Morgan fingerprint density at radius 1 is 1.47 bits per heavy atom. The number of nitrogens with two attached hydrogens (primary N) is 1. The van der Waals surface area contributed by atoms with E-state index in [1.54, 1.807) is 0 Å². The zero-order valence-corrected chi connectivity index (χ0v) is 8.28. The molecule has 90 valence electrons. The molecule has 17 heavy (non-hydrogen) atoms. The fourth-order valence-corrected chi connectivity index (χ4v) is 1.30. The summed E-state index contributed by atoms with van der Waals surface area (Å²) in [4.78, 5) is 9.62. The molecule has 0 aliphatic carbocycles. The molecule has 0 spiro atoms. The molecule has 0 radical (unpaired) electrons. The summed E-state index contributed by atoms with van der Waals surface area (Å²) in [5.74, 6) is 0. The molecule has 8 heteroatoms. The predicted molar refractivity (Wildman–Crippen MR) is 50.7 cm³/mol. The first-order valence-electron chi connectivity index (χ1n) is 4.30. The molecule has 2 N–H and O–H groups in total. The molecular weight excluding hydrogens is 239 g/mol. The Kier molecular flexibility index (Phi) is 3.34. The van der Waals surface area contributed by atoms with Crippen LogP contribution in [0.5, 0.6) is 0 Å². The minimum atomic E-state index is -4.70. The molecule has 0 aromatic heterocycles. The first-order chi connectivity index (χ1) is 7.81. The van der Waals surface area contributed by atoms with Gasteiger partial charge in [0.2, 0.25) is 0 Å². The van der Waals surface area contributed by atoms with Gasteiger partial charge in [0.15, 0.2) is 0 Å². The minimum Gasteiger partial charge on any atom is -0.326 e. The highest BCUT2D eigenvalue weighted by atomic mass is 19.4. The number of nitrogens with zero attached hydrogens (tertiary/aromatic N) is 2. The molecule has 5 nitrogen and oxygen atoms in total. The van der Waals surface area contributed by atoms with Crippen LogP contribution in [-0.2, 0) is 12.7 Å². The highest BCUT2D eigenvalue weighted by Gasteiger charge is 2.35. The van der Waals surface area contributed by atoms with Crippen molar-refractivity contribution in [2.24, 2.45) is 5.73 Å². The van der Waals surface area contributed by atoms with E-state index in [1.807, 2.05) is 0 Å². The van der Waals surface area contributed by atoms with Gasteiger partial charge in [-0.05, 0) is 11.6 Å². The van der Waals surface area contributed by atoms with E-state index in [1.165, 1.54) is 6.07 Å². The molecular formula is C9H6F3N3O2. The average molecular weight is 245 g/mol. The zero-order valence-electron chi connectivity index (χ0n) is 8.28. The summed E-state index contributed by atoms with van der Waals surface area (Å²) < 4.78 is 37.6. The second kappa shape index (κ2) is 4.39. The topological polar surface area (TPSA) is 93.0 Å². The summed E-state index contributed by atoms with van der Waals surface area (Å²) >= 11 is 0. The van der Waals surface area contributed by atoms with E-state index in [-0.39, 0.29) is 0 Å². The number of nitriles is 1. The Balaban J connectivity index is 3.56. The van der Waals surface area contributed by atoms with E-state index in [0.29, 0.717) is 12.1 Å². The average Bonchev–Trinajstić information content (AvgIpc) is 2.25. The van der Waals surface area contributed by atoms with Gasteiger partial charge in [-0.1, -0.05) is 0 Å². The quantitative estimate of drug-likeness (QED) is 0.636. The summed E-state index contributed by atoms with van der Waals surface area (Å²) in [6.07, 6.45) is -4.70. The normalized spacial score (nSPS) is 11.0. The van der Waals surface area contributed by atoms with Gasteiger partial charge in [0.05, 0.1) is 10.5 Å². The van der Waals surface area contributed by atoms with Gasteiger partial charge < -0.3 is 5.73 Å². The third-order valence-electron chi connectivity index (χ3n) is 2.06. The molecule has 0 fully saturated rings. The number of hydrogen-bond donors (Lipinski definition) is 1. The molecule has 1 aromatic rings. The molecule has 0 unspecified atom stereocenters. The van der Waals surface area contributed by atoms with Crippen LogP contribution in [0.15, 0.2) is 12.1 Å². The molecule has 1 rings (SSSR count). The molecule has 0 atom stereocenters. The van der Waals surface area contributed by atoms with Gasteiger partial charge in [-0.15, -0.1) is 0 Å². The lowest BCUT2D eigenvalue weighted by atomic mass is 10.0. The Morgan fingerprint density at radius 2 is 2.06 bits per heavy atom. The van der Waals surface area contributed by atoms with Crippen LogP contribution in [0, 0.1) is 21.4 Å². The lowest BCUT2D eigenvalue weighted by molar-refractivity contribution is -0.385. The third kappa shape index (κ3) is 2.51. The Labute approximate surface area is 93.4 Å². The second-order valence-electron chi connectivity index (χ2n) is 3.10. The van der Waals surface area contributed by atoms with E-state index in [4.69, 9.17) is 11.0 Å². The number of nitro groups is 1. The summed E-state index contributed by atoms with van der Waals surface area (Å²) in [6, 6.07) is 2.48. The Bertz CT molecular complexity index is 505. The lowest BCUT2D eigenvalue weighted by Gasteiger charge is -2.11. The number of hydrogen-bond acceptors (Lipinski definition) is 4. The van der Waals surface area contributed by atoms with Gasteiger partial charge in [-0.3, -0.25) is 10.1 Å². The molecule has 0 bridgehead atoms. The highest BCUT2D eigenvalue weighted by Crippen LogP contribution is 2.35. The molecule has 0 heterocycles. The van der Waals surface area contributed by atoms with Crippen molar-refractivity contribution < 1.29 is 18.1 Å². The van der Waals surface area contributed by atoms with Gasteiger partial charge in [-0.2, -0.15) is 18.4 Å². The van der Waals surface area contributed by atoms with Crippen molar-refractivity contribution in [1.82, 2.24) is 0 Å². The van der Waals surface area contributed by atoms with E-state index >= 15 is 0 Å². The van der Waals surface area contributed by atoms with Crippen LogP contribution in [0.4, 0.5) is 18.9 Å². The van der Waals surface area contributed by atoms with Gasteiger partial charge in [0, 0.05) is 12.6 Å². The van der Waals surface area contributed by atoms with Crippen molar-refractivity contribution in [3.63, 3.8) is 0 Å². The molecule has 0 amide bonds. The van der Waals surface area contributed by atoms with Crippen molar-refractivity contribution in [2.45, 2.75) is 12.7 Å². The van der Waals surface area contributed by atoms with Crippen LogP contribution in [0.2, 0.25) is 0 Å². The van der Waals surface area contributed by atoms with Crippen molar-refractivity contribution in [2.75, 3.05) is 0 Å². The number of benzene rings is 1. The smallest absolute Gasteiger partial charge is 0.326 e. The summed E-state index contributed by atoms with van der Waals surface area (Å²) in [6.45, 7) is -0.499. The standard InChI is InChI=1S/C9H6F3N3O2/c10-9(11,12)7-1-6(4-14)8(15(16)17)2-5(7)3-13/h1-2H,3,13H2. The molecule has 0 aliphatic rings. The van der Waals surface area contributed by atoms with Gasteiger partial charge in [0.1, 0.15) is 11.6 Å². The Hall–Kier alpha value is -2.14. The zero-order chi connectivity index (χ0) is 13.2. The number of nitro benzene ring substituents is 1. The monoisotopic (exact) mass is 245 g/mol. The predicted octanol–water partition coefficient (Wildman–Crippen LogP) is 1.94. The highest BCUT2D eigenvalue weighted by molar-refractivity contribution is 5.54. The molecule has 0 saturated heterocycles. The number of alkyl halides is 3. The van der Waals surface area contributed by atoms with Crippen LogP contribution in [-0.4, -0.2) is 4.92 Å². The van der Waals surface area contributed by atoms with E-state index in [9.17, 15) is 23.3 Å². The molecule has 0 saturated carbocycles. The summed E-state index contributed by atoms with van der Waals surface area (Å²) in [5, 5.41) is 19.1. The van der Waals surface area contributed by atoms with E-state index < -0.39 is 40.0 Å².